The van der Waals surface area contributed by atoms with Gasteiger partial charge in [-0.25, -0.2) is 0 Å². The van der Waals surface area contributed by atoms with Gasteiger partial charge in [-0.15, -0.1) is 0 Å². The third-order valence-corrected chi connectivity index (χ3v) is 2.82. The molecule has 0 radical (unpaired) electrons. The average Bonchev–Trinajstić information content (AvgIpc) is 2.22. The van der Waals surface area contributed by atoms with E-state index in [0.29, 0.717) is 39.3 Å². The largest absolute Gasteiger partial charge is 0.392 e. The lowest BCUT2D eigenvalue weighted by Crippen LogP contribution is -2.44. The Morgan fingerprint density at radius 3 is 0.900 bits per heavy atom. The van der Waals surface area contributed by atoms with Crippen LogP contribution in [0.3, 0.4) is 0 Å². The summed E-state index contributed by atoms with van der Waals surface area (Å²) >= 11 is 0. The predicted molar refractivity (Wildman–Crippen MR) is 79.6 cm³/mol. The molecule has 4 atom stereocenters. The molecule has 4 N–H and O–H groups in total. The molecule has 0 aromatic heterocycles. The maximum Gasteiger partial charge on any atom is 0.0639 e. The van der Waals surface area contributed by atoms with Gasteiger partial charge in [-0.1, -0.05) is 0 Å². The van der Waals surface area contributed by atoms with Crippen LogP contribution in [-0.2, 0) is 0 Å². The fourth-order valence-electron chi connectivity index (χ4n) is 2.29. The summed E-state index contributed by atoms with van der Waals surface area (Å²) in [6.45, 7) is 10.2. The molecule has 0 saturated carbocycles. The standard InChI is InChI=1S/C14H32N2O4/c1-11(17)7-15(8-12(2)18)5-6-16(9-13(3)19)10-14(4)20/h11-14,17-20H,5-10H2,1-4H3/t11-,12-,13-,14+/m0/s1. The van der Waals surface area contributed by atoms with E-state index in [-0.39, 0.29) is 0 Å². The minimum atomic E-state index is -0.448. The Bertz CT molecular complexity index is 191. The molecule has 0 aliphatic heterocycles. The number of nitrogens with zero attached hydrogens (tertiary/aromatic N) is 2. The molecule has 0 saturated heterocycles. The van der Waals surface area contributed by atoms with E-state index in [1.807, 2.05) is 9.80 Å². The minimum Gasteiger partial charge on any atom is -0.392 e. The first-order valence-electron chi connectivity index (χ1n) is 7.37. The first-order valence-corrected chi connectivity index (χ1v) is 7.37. The molecule has 0 amide bonds. The number of rotatable bonds is 11. The topological polar surface area (TPSA) is 87.4 Å². The van der Waals surface area contributed by atoms with Crippen molar-refractivity contribution in [2.24, 2.45) is 0 Å². The molecule has 6 nitrogen and oxygen atoms in total. The second kappa shape index (κ2) is 10.5. The molecule has 0 aromatic rings. The van der Waals surface area contributed by atoms with Crippen LogP contribution in [-0.4, -0.2) is 93.9 Å². The molecule has 0 fully saturated rings. The highest BCUT2D eigenvalue weighted by molar-refractivity contribution is 4.70. The summed E-state index contributed by atoms with van der Waals surface area (Å²) in [6.07, 6.45) is -1.79. The van der Waals surface area contributed by atoms with Crippen LogP contribution in [0, 0.1) is 0 Å². The van der Waals surface area contributed by atoms with Gasteiger partial charge in [-0.05, 0) is 27.7 Å². The fraction of sp³-hybridized carbons (Fsp3) is 1.00. The van der Waals surface area contributed by atoms with Crippen LogP contribution in [0.25, 0.3) is 0 Å². The van der Waals surface area contributed by atoms with Gasteiger partial charge in [0.15, 0.2) is 0 Å². The second-order valence-electron chi connectivity index (χ2n) is 5.92. The van der Waals surface area contributed by atoms with Crippen LogP contribution in [0.5, 0.6) is 0 Å². The monoisotopic (exact) mass is 292 g/mol. The average molecular weight is 292 g/mol. The lowest BCUT2D eigenvalue weighted by Gasteiger charge is -2.30. The van der Waals surface area contributed by atoms with Crippen LogP contribution in [0.1, 0.15) is 27.7 Å². The Morgan fingerprint density at radius 2 is 0.750 bits per heavy atom. The van der Waals surface area contributed by atoms with Crippen molar-refractivity contribution in [1.82, 2.24) is 9.80 Å². The Balaban J connectivity index is 4.35. The highest BCUT2D eigenvalue weighted by Crippen LogP contribution is 2.00. The normalized spacial score (nSPS) is 18.3. The molecule has 0 rings (SSSR count). The number of hydrogen-bond donors (Lipinski definition) is 4. The Labute approximate surface area is 122 Å². The fourth-order valence-corrected chi connectivity index (χ4v) is 2.29. The SMILES string of the molecule is C[C@H](O)CN(CCN(C[C@H](C)O)C[C@@H](C)O)C[C@H](C)O. The lowest BCUT2D eigenvalue weighted by atomic mass is 10.2. The highest BCUT2D eigenvalue weighted by atomic mass is 16.3. The zero-order valence-electron chi connectivity index (χ0n) is 13.2. The Hall–Kier alpha value is -0.240. The van der Waals surface area contributed by atoms with Gasteiger partial charge < -0.3 is 20.4 Å². The molecular formula is C14H32N2O4. The molecule has 122 valence electrons. The van der Waals surface area contributed by atoms with Crippen LogP contribution >= 0.6 is 0 Å². The first kappa shape index (κ1) is 19.8. The van der Waals surface area contributed by atoms with Gasteiger partial charge >= 0.3 is 0 Å². The molecule has 0 heterocycles. The molecule has 0 spiro atoms. The number of aliphatic hydroxyl groups is 4. The highest BCUT2D eigenvalue weighted by Gasteiger charge is 2.15. The van der Waals surface area contributed by atoms with Crippen molar-refractivity contribution in [3.8, 4) is 0 Å². The van der Waals surface area contributed by atoms with Gasteiger partial charge in [0.1, 0.15) is 0 Å². The van der Waals surface area contributed by atoms with Gasteiger partial charge in [-0.3, -0.25) is 9.80 Å². The molecule has 0 aliphatic carbocycles. The molecule has 0 aliphatic rings. The van der Waals surface area contributed by atoms with Gasteiger partial charge in [0.05, 0.1) is 24.4 Å². The summed E-state index contributed by atoms with van der Waals surface area (Å²) in [5.41, 5.74) is 0. The molecule has 20 heavy (non-hydrogen) atoms. The van der Waals surface area contributed by atoms with Crippen molar-refractivity contribution >= 4 is 0 Å². The van der Waals surface area contributed by atoms with Gasteiger partial charge in [-0.2, -0.15) is 0 Å². The van der Waals surface area contributed by atoms with Crippen molar-refractivity contribution in [2.75, 3.05) is 39.3 Å². The summed E-state index contributed by atoms with van der Waals surface area (Å²) in [6, 6.07) is 0. The van der Waals surface area contributed by atoms with E-state index in [9.17, 15) is 20.4 Å². The Morgan fingerprint density at radius 1 is 0.550 bits per heavy atom. The molecule has 0 bridgehead atoms. The third-order valence-electron chi connectivity index (χ3n) is 2.82. The van der Waals surface area contributed by atoms with Crippen molar-refractivity contribution in [2.45, 2.75) is 52.1 Å². The van der Waals surface area contributed by atoms with E-state index in [0.717, 1.165) is 0 Å². The van der Waals surface area contributed by atoms with Gasteiger partial charge in [0.2, 0.25) is 0 Å². The van der Waals surface area contributed by atoms with Gasteiger partial charge in [0, 0.05) is 39.3 Å². The molecule has 6 heteroatoms. The van der Waals surface area contributed by atoms with Crippen molar-refractivity contribution < 1.29 is 20.4 Å². The minimum absolute atomic E-state index is 0.448. The van der Waals surface area contributed by atoms with E-state index in [1.54, 1.807) is 27.7 Å². The van der Waals surface area contributed by atoms with Crippen LogP contribution in [0.2, 0.25) is 0 Å². The van der Waals surface area contributed by atoms with E-state index in [1.165, 1.54) is 0 Å². The summed E-state index contributed by atoms with van der Waals surface area (Å²) in [5, 5.41) is 37.9. The molecule has 0 unspecified atom stereocenters. The summed E-state index contributed by atoms with van der Waals surface area (Å²) in [5.74, 6) is 0. The summed E-state index contributed by atoms with van der Waals surface area (Å²) < 4.78 is 0. The number of hydrogen-bond acceptors (Lipinski definition) is 6. The Kier molecular flexibility index (Phi) is 10.4. The van der Waals surface area contributed by atoms with Crippen LogP contribution < -0.4 is 0 Å². The second-order valence-corrected chi connectivity index (χ2v) is 5.92. The van der Waals surface area contributed by atoms with Crippen molar-refractivity contribution in [3.05, 3.63) is 0 Å². The third kappa shape index (κ3) is 11.6. The van der Waals surface area contributed by atoms with E-state index in [2.05, 4.69) is 0 Å². The summed E-state index contributed by atoms with van der Waals surface area (Å²) in [4.78, 5) is 3.98. The lowest BCUT2D eigenvalue weighted by molar-refractivity contribution is 0.0542. The van der Waals surface area contributed by atoms with E-state index >= 15 is 0 Å². The zero-order valence-corrected chi connectivity index (χ0v) is 13.2. The smallest absolute Gasteiger partial charge is 0.0639 e. The maximum atomic E-state index is 9.47. The predicted octanol–water partition coefficient (Wildman–Crippen LogP) is -0.886. The molecular weight excluding hydrogens is 260 g/mol. The zero-order chi connectivity index (χ0) is 15.7. The van der Waals surface area contributed by atoms with E-state index < -0.39 is 24.4 Å². The van der Waals surface area contributed by atoms with Gasteiger partial charge in [0.25, 0.3) is 0 Å². The quantitative estimate of drug-likeness (QED) is 0.395. The summed E-state index contributed by atoms with van der Waals surface area (Å²) in [7, 11) is 0. The van der Waals surface area contributed by atoms with E-state index in [4.69, 9.17) is 0 Å². The first-order chi connectivity index (χ1) is 9.20. The van der Waals surface area contributed by atoms with Crippen LogP contribution in [0.4, 0.5) is 0 Å². The molecule has 0 aromatic carbocycles. The van der Waals surface area contributed by atoms with Crippen molar-refractivity contribution in [3.63, 3.8) is 0 Å². The van der Waals surface area contributed by atoms with Crippen LogP contribution in [0.15, 0.2) is 0 Å². The maximum absolute atomic E-state index is 9.47. The number of aliphatic hydroxyl groups excluding tert-OH is 4. The van der Waals surface area contributed by atoms with Crippen molar-refractivity contribution in [1.29, 1.82) is 0 Å².